The zero-order chi connectivity index (χ0) is 16.5. The number of anilines is 1. The maximum absolute atomic E-state index is 12.2. The highest BCUT2D eigenvalue weighted by atomic mass is 16.7. The Hall–Kier alpha value is -2.54. The topological polar surface area (TPSA) is 70.1 Å². The van der Waals surface area contributed by atoms with E-state index >= 15 is 0 Å². The molecule has 24 heavy (non-hydrogen) atoms. The molecule has 4 rings (SSSR count). The summed E-state index contributed by atoms with van der Waals surface area (Å²) in [7, 11) is 0. The van der Waals surface area contributed by atoms with Crippen LogP contribution in [0.2, 0.25) is 0 Å². The molecule has 0 spiro atoms. The number of benzene rings is 1. The highest BCUT2D eigenvalue weighted by molar-refractivity contribution is 5.99. The fraction of sp³-hybridized carbons (Fsp3) is 0.412. The molecule has 1 fully saturated rings. The quantitative estimate of drug-likeness (QED) is 0.797. The molecule has 0 radical (unpaired) electrons. The predicted molar refractivity (Wildman–Crippen MR) is 86.9 cm³/mol. The number of esters is 1. The van der Waals surface area contributed by atoms with Crippen LogP contribution < -0.4 is 14.4 Å². The summed E-state index contributed by atoms with van der Waals surface area (Å²) in [6.45, 7) is 5.12. The van der Waals surface area contributed by atoms with Crippen LogP contribution in [-0.2, 0) is 9.47 Å². The third-order valence-electron chi connectivity index (χ3n) is 4.12. The Kier molecular flexibility index (Phi) is 3.86. The first-order valence-electron chi connectivity index (χ1n) is 8.00. The minimum absolute atomic E-state index is 0.198. The van der Waals surface area contributed by atoms with Crippen LogP contribution in [0.15, 0.2) is 18.2 Å². The van der Waals surface area contributed by atoms with Gasteiger partial charge in [0.05, 0.1) is 25.3 Å². The van der Waals surface area contributed by atoms with Crippen molar-refractivity contribution in [2.75, 3.05) is 44.6 Å². The summed E-state index contributed by atoms with van der Waals surface area (Å²) in [5.74, 6) is 0.915. The van der Waals surface area contributed by atoms with Crippen LogP contribution in [0.5, 0.6) is 11.5 Å². The first-order chi connectivity index (χ1) is 11.8. The fourth-order valence-corrected chi connectivity index (χ4v) is 2.97. The Morgan fingerprint density at radius 3 is 2.71 bits per heavy atom. The Morgan fingerprint density at radius 1 is 1.21 bits per heavy atom. The summed E-state index contributed by atoms with van der Waals surface area (Å²) in [6, 6.07) is 5.52. The lowest BCUT2D eigenvalue weighted by Crippen LogP contribution is -2.36. The molecule has 0 aliphatic carbocycles. The van der Waals surface area contributed by atoms with Gasteiger partial charge in [-0.1, -0.05) is 0 Å². The first kappa shape index (κ1) is 15.0. The van der Waals surface area contributed by atoms with Gasteiger partial charge in [-0.15, -0.1) is 0 Å². The first-order valence-corrected chi connectivity index (χ1v) is 8.00. The summed E-state index contributed by atoms with van der Waals surface area (Å²) < 4.78 is 21.4. The average Bonchev–Trinajstić information content (AvgIpc) is 3.07. The summed E-state index contributed by atoms with van der Waals surface area (Å²) in [5.41, 5.74) is 1.92. The minimum Gasteiger partial charge on any atom is -0.461 e. The van der Waals surface area contributed by atoms with Gasteiger partial charge in [-0.25, -0.2) is 9.78 Å². The van der Waals surface area contributed by atoms with Gasteiger partial charge in [-0.3, -0.25) is 0 Å². The lowest BCUT2D eigenvalue weighted by Gasteiger charge is -2.30. The molecule has 0 unspecified atom stereocenters. The smallest absolute Gasteiger partial charge is 0.357 e. The van der Waals surface area contributed by atoms with Gasteiger partial charge in [0.2, 0.25) is 6.79 Å². The number of carbonyl (C=O) groups excluding carboxylic acids is 1. The molecule has 0 N–H and O–H groups in total. The molecule has 2 aromatic rings. The maximum Gasteiger partial charge on any atom is 0.357 e. The van der Waals surface area contributed by atoms with Gasteiger partial charge in [-0.05, 0) is 19.1 Å². The van der Waals surface area contributed by atoms with E-state index in [1.165, 1.54) is 0 Å². The molecule has 1 saturated heterocycles. The molecule has 0 saturated carbocycles. The van der Waals surface area contributed by atoms with E-state index in [0.29, 0.717) is 42.5 Å². The Labute approximate surface area is 139 Å². The van der Waals surface area contributed by atoms with Crippen molar-refractivity contribution in [2.45, 2.75) is 6.92 Å². The van der Waals surface area contributed by atoms with Crippen LogP contribution in [0, 0.1) is 0 Å². The lowest BCUT2D eigenvalue weighted by molar-refractivity contribution is 0.0520. The molecule has 2 aliphatic rings. The Bertz CT molecular complexity index is 786. The highest BCUT2D eigenvalue weighted by Gasteiger charge is 2.22. The Balaban J connectivity index is 1.87. The number of pyridine rings is 1. The summed E-state index contributed by atoms with van der Waals surface area (Å²) in [5, 5.41) is 0.925. The largest absolute Gasteiger partial charge is 0.461 e. The number of rotatable bonds is 3. The molecular formula is C17H18N2O5. The number of aromatic nitrogens is 1. The van der Waals surface area contributed by atoms with E-state index < -0.39 is 5.97 Å². The standard InChI is InChI=1S/C17H18N2O5/c1-2-22-17(20)13-8-14(19-3-5-21-6-4-19)11-7-15-16(24-10-23-15)9-12(11)18-13/h7-9H,2-6,10H2,1H3. The number of nitrogens with zero attached hydrogens (tertiary/aromatic N) is 2. The third kappa shape index (κ3) is 2.60. The molecule has 1 aromatic heterocycles. The number of hydrogen-bond donors (Lipinski definition) is 0. The predicted octanol–water partition coefficient (Wildman–Crippen LogP) is 1.98. The van der Waals surface area contributed by atoms with Gasteiger partial charge in [0.15, 0.2) is 17.2 Å². The van der Waals surface area contributed by atoms with E-state index in [0.717, 1.165) is 24.2 Å². The van der Waals surface area contributed by atoms with E-state index in [1.807, 2.05) is 12.1 Å². The van der Waals surface area contributed by atoms with Crippen LogP contribution in [0.25, 0.3) is 10.9 Å². The molecular weight excluding hydrogens is 312 g/mol. The van der Waals surface area contributed by atoms with Gasteiger partial charge in [0, 0.05) is 30.2 Å². The number of fused-ring (bicyclic) bond motifs is 2. The van der Waals surface area contributed by atoms with Crippen molar-refractivity contribution in [1.29, 1.82) is 0 Å². The van der Waals surface area contributed by atoms with Crippen molar-refractivity contribution in [3.8, 4) is 11.5 Å². The van der Waals surface area contributed by atoms with Crippen LogP contribution in [0.3, 0.4) is 0 Å². The van der Waals surface area contributed by atoms with Crippen LogP contribution in [-0.4, -0.2) is 50.7 Å². The highest BCUT2D eigenvalue weighted by Crippen LogP contribution is 2.39. The van der Waals surface area contributed by atoms with Crippen LogP contribution in [0.4, 0.5) is 5.69 Å². The molecule has 0 bridgehead atoms. The van der Waals surface area contributed by atoms with Crippen molar-refractivity contribution in [1.82, 2.24) is 4.98 Å². The number of ether oxygens (including phenoxy) is 4. The van der Waals surface area contributed by atoms with Crippen molar-refractivity contribution in [2.24, 2.45) is 0 Å². The van der Waals surface area contributed by atoms with Gasteiger partial charge < -0.3 is 23.8 Å². The third-order valence-corrected chi connectivity index (χ3v) is 4.12. The molecule has 1 aromatic carbocycles. The van der Waals surface area contributed by atoms with Crippen LogP contribution >= 0.6 is 0 Å². The number of carbonyl (C=O) groups is 1. The van der Waals surface area contributed by atoms with E-state index in [-0.39, 0.29) is 6.79 Å². The lowest BCUT2D eigenvalue weighted by atomic mass is 10.1. The van der Waals surface area contributed by atoms with Crippen molar-refractivity contribution in [3.05, 3.63) is 23.9 Å². The van der Waals surface area contributed by atoms with Crippen molar-refractivity contribution >= 4 is 22.6 Å². The summed E-state index contributed by atoms with van der Waals surface area (Å²) in [4.78, 5) is 18.8. The number of hydrogen-bond acceptors (Lipinski definition) is 7. The van der Waals surface area contributed by atoms with E-state index in [2.05, 4.69) is 9.88 Å². The molecule has 7 nitrogen and oxygen atoms in total. The fourth-order valence-electron chi connectivity index (χ4n) is 2.97. The minimum atomic E-state index is -0.424. The van der Waals surface area contributed by atoms with Gasteiger partial charge in [-0.2, -0.15) is 0 Å². The van der Waals surface area contributed by atoms with E-state index in [1.54, 1.807) is 13.0 Å². The summed E-state index contributed by atoms with van der Waals surface area (Å²) >= 11 is 0. The molecule has 0 atom stereocenters. The van der Waals surface area contributed by atoms with Crippen LogP contribution in [0.1, 0.15) is 17.4 Å². The molecule has 126 valence electrons. The van der Waals surface area contributed by atoms with Gasteiger partial charge >= 0.3 is 5.97 Å². The van der Waals surface area contributed by atoms with Crippen molar-refractivity contribution < 1.29 is 23.7 Å². The molecule has 2 aliphatic heterocycles. The monoisotopic (exact) mass is 330 g/mol. The van der Waals surface area contributed by atoms with E-state index in [9.17, 15) is 4.79 Å². The second kappa shape index (κ2) is 6.16. The average molecular weight is 330 g/mol. The zero-order valence-corrected chi connectivity index (χ0v) is 13.4. The number of morpholine rings is 1. The van der Waals surface area contributed by atoms with Gasteiger partial charge in [0.1, 0.15) is 0 Å². The molecule has 7 heteroatoms. The molecule has 3 heterocycles. The van der Waals surface area contributed by atoms with Gasteiger partial charge in [0.25, 0.3) is 0 Å². The summed E-state index contributed by atoms with van der Waals surface area (Å²) in [6.07, 6.45) is 0. The molecule has 0 amide bonds. The normalized spacial score (nSPS) is 16.5. The second-order valence-corrected chi connectivity index (χ2v) is 5.57. The SMILES string of the molecule is CCOC(=O)c1cc(N2CCOCC2)c2cc3c(cc2n1)OCO3. The second-order valence-electron chi connectivity index (χ2n) is 5.57. The Morgan fingerprint density at radius 2 is 1.96 bits per heavy atom. The zero-order valence-electron chi connectivity index (χ0n) is 13.4. The van der Waals surface area contributed by atoms with E-state index in [4.69, 9.17) is 18.9 Å². The van der Waals surface area contributed by atoms with Crippen molar-refractivity contribution in [3.63, 3.8) is 0 Å². The maximum atomic E-state index is 12.2.